The van der Waals surface area contributed by atoms with Crippen LogP contribution in [0.3, 0.4) is 0 Å². The molecule has 2 saturated heterocycles. The van der Waals surface area contributed by atoms with Crippen molar-refractivity contribution in [2.24, 2.45) is 10.9 Å². The summed E-state index contributed by atoms with van der Waals surface area (Å²) >= 11 is 1.36. The molecule has 148 valence electrons. The van der Waals surface area contributed by atoms with Crippen LogP contribution in [0.15, 0.2) is 23.2 Å². The summed E-state index contributed by atoms with van der Waals surface area (Å²) in [5.74, 6) is 1.31. The molecule has 7 nitrogen and oxygen atoms in total. The van der Waals surface area contributed by atoms with Crippen molar-refractivity contribution in [2.75, 3.05) is 30.6 Å². The van der Waals surface area contributed by atoms with E-state index in [-0.39, 0.29) is 34.6 Å². The van der Waals surface area contributed by atoms with Crippen LogP contribution >= 0.6 is 11.8 Å². The maximum Gasteiger partial charge on any atom is 0.248 e. The third-order valence-corrected chi connectivity index (χ3v) is 7.73. The van der Waals surface area contributed by atoms with Gasteiger partial charge < -0.3 is 14.4 Å². The van der Waals surface area contributed by atoms with Gasteiger partial charge in [-0.1, -0.05) is 25.6 Å². The van der Waals surface area contributed by atoms with Gasteiger partial charge >= 0.3 is 0 Å². The molecule has 2 fully saturated rings. The van der Waals surface area contributed by atoms with E-state index in [1.54, 1.807) is 26.4 Å². The number of anilines is 1. The van der Waals surface area contributed by atoms with Gasteiger partial charge in [-0.15, -0.1) is 0 Å². The monoisotopic (exact) mass is 412 g/mol. The van der Waals surface area contributed by atoms with Gasteiger partial charge in [0, 0.05) is 17.7 Å². The topological polar surface area (TPSA) is 85.3 Å². The van der Waals surface area contributed by atoms with E-state index in [1.807, 2.05) is 24.8 Å². The van der Waals surface area contributed by atoms with Gasteiger partial charge in [-0.05, 0) is 18.1 Å². The van der Waals surface area contributed by atoms with E-state index < -0.39 is 9.84 Å². The van der Waals surface area contributed by atoms with Crippen LogP contribution in [0.2, 0.25) is 0 Å². The Labute approximate surface area is 164 Å². The van der Waals surface area contributed by atoms with Crippen LogP contribution in [-0.4, -0.2) is 56.5 Å². The molecule has 0 N–H and O–H groups in total. The highest BCUT2D eigenvalue weighted by Crippen LogP contribution is 2.44. The predicted octanol–water partition coefficient (Wildman–Crippen LogP) is 2.35. The molecule has 1 amide bonds. The van der Waals surface area contributed by atoms with Gasteiger partial charge in [0.15, 0.2) is 15.0 Å². The lowest BCUT2D eigenvalue weighted by atomic mass is 10.1. The fourth-order valence-electron chi connectivity index (χ4n) is 3.33. The van der Waals surface area contributed by atoms with E-state index in [4.69, 9.17) is 9.47 Å². The van der Waals surface area contributed by atoms with Crippen LogP contribution in [0.4, 0.5) is 5.69 Å². The zero-order valence-electron chi connectivity index (χ0n) is 15.8. The van der Waals surface area contributed by atoms with Crippen molar-refractivity contribution in [1.29, 1.82) is 0 Å². The number of amidine groups is 1. The molecule has 0 aromatic heterocycles. The summed E-state index contributed by atoms with van der Waals surface area (Å²) in [5, 5.41) is 0.390. The summed E-state index contributed by atoms with van der Waals surface area (Å²) in [6.07, 6.45) is 0.352. The molecule has 0 radical (unpaired) electrons. The fraction of sp³-hybridized carbons (Fsp3) is 0.556. The number of hydrogen-bond donors (Lipinski definition) is 0. The molecule has 2 heterocycles. The lowest BCUT2D eigenvalue weighted by Gasteiger charge is -2.26. The van der Waals surface area contributed by atoms with E-state index in [9.17, 15) is 13.2 Å². The number of aliphatic imine (C=N–C) groups is 1. The number of ether oxygens (including phenoxy) is 2. The van der Waals surface area contributed by atoms with Crippen LogP contribution in [0.1, 0.15) is 20.3 Å². The first-order valence-corrected chi connectivity index (χ1v) is 11.4. The number of benzene rings is 1. The number of carbonyl (C=O) groups excluding carboxylic acids is 1. The largest absolute Gasteiger partial charge is 0.497 e. The summed E-state index contributed by atoms with van der Waals surface area (Å²) in [4.78, 5) is 18.4. The summed E-state index contributed by atoms with van der Waals surface area (Å²) in [5.41, 5.74) is 0.687. The van der Waals surface area contributed by atoms with Crippen molar-refractivity contribution >= 4 is 38.4 Å². The number of amides is 1. The third-order valence-electron chi connectivity index (χ3n) is 4.52. The molecule has 0 spiro atoms. The lowest BCUT2D eigenvalue weighted by Crippen LogP contribution is -2.38. The Hall–Kier alpha value is -1.74. The normalized spacial score (nSPS) is 25.1. The Kier molecular flexibility index (Phi) is 5.71. The summed E-state index contributed by atoms with van der Waals surface area (Å²) in [7, 11) is -0.00427. The molecular weight excluding hydrogens is 388 g/mol. The Balaban J connectivity index is 2.03. The molecule has 0 aliphatic carbocycles. The molecule has 0 saturated carbocycles. The van der Waals surface area contributed by atoms with Crippen LogP contribution < -0.4 is 14.4 Å². The molecule has 1 aromatic carbocycles. The van der Waals surface area contributed by atoms with Gasteiger partial charge in [-0.3, -0.25) is 4.79 Å². The van der Waals surface area contributed by atoms with Gasteiger partial charge in [-0.2, -0.15) is 4.99 Å². The highest BCUT2D eigenvalue weighted by Gasteiger charge is 2.50. The second-order valence-electron chi connectivity index (χ2n) is 7.09. The lowest BCUT2D eigenvalue weighted by molar-refractivity contribution is -0.118. The van der Waals surface area contributed by atoms with Crippen molar-refractivity contribution < 1.29 is 22.7 Å². The average molecular weight is 413 g/mol. The molecule has 0 unspecified atom stereocenters. The highest BCUT2D eigenvalue weighted by atomic mass is 32.2. The van der Waals surface area contributed by atoms with Gasteiger partial charge in [0.05, 0.1) is 37.5 Å². The fourth-order valence-corrected chi connectivity index (χ4v) is 7.26. The smallest absolute Gasteiger partial charge is 0.248 e. The van der Waals surface area contributed by atoms with Gasteiger partial charge in [0.1, 0.15) is 11.5 Å². The number of carbonyl (C=O) groups is 1. The number of methoxy groups -OCH3 is 2. The van der Waals surface area contributed by atoms with Crippen molar-refractivity contribution in [1.82, 2.24) is 0 Å². The van der Waals surface area contributed by atoms with E-state index >= 15 is 0 Å². The van der Waals surface area contributed by atoms with Crippen LogP contribution in [0.25, 0.3) is 0 Å². The molecule has 9 heteroatoms. The van der Waals surface area contributed by atoms with Gasteiger partial charge in [-0.25, -0.2) is 8.42 Å². The standard InChI is InChI=1S/C18H24N2O5S2/c1-11(2)7-17(21)19-18-20(14-9-27(22,23)10-16(14)26-18)13-6-5-12(24-3)8-15(13)25-4/h5-6,8,11,14,16H,7,9-10H2,1-4H3/t14-,16+/m0/s1. The number of nitrogens with zero attached hydrogens (tertiary/aromatic N) is 2. The molecule has 2 aliphatic rings. The van der Waals surface area contributed by atoms with Crippen LogP contribution in [0.5, 0.6) is 11.5 Å². The number of rotatable bonds is 5. The van der Waals surface area contributed by atoms with E-state index in [1.165, 1.54) is 11.8 Å². The molecule has 3 rings (SSSR count). The Morgan fingerprint density at radius 1 is 1.30 bits per heavy atom. The Bertz CT molecular complexity index is 867. The molecular formula is C18H24N2O5S2. The van der Waals surface area contributed by atoms with Crippen molar-refractivity contribution in [3.8, 4) is 11.5 Å². The first kappa shape index (κ1) is 20.0. The first-order chi connectivity index (χ1) is 12.7. The second kappa shape index (κ2) is 7.71. The minimum Gasteiger partial charge on any atom is -0.497 e. The maximum absolute atomic E-state index is 12.3. The molecule has 0 bridgehead atoms. The molecule has 2 aliphatic heterocycles. The van der Waals surface area contributed by atoms with Crippen LogP contribution in [0, 0.1) is 5.92 Å². The second-order valence-corrected chi connectivity index (χ2v) is 10.5. The summed E-state index contributed by atoms with van der Waals surface area (Å²) in [6.45, 7) is 3.93. The van der Waals surface area contributed by atoms with Gasteiger partial charge in [0.2, 0.25) is 5.91 Å². The summed E-state index contributed by atoms with van der Waals surface area (Å²) < 4.78 is 35.0. The Morgan fingerprint density at radius 3 is 2.67 bits per heavy atom. The minimum atomic E-state index is -3.12. The minimum absolute atomic E-state index is 0.0389. The zero-order chi connectivity index (χ0) is 19.8. The summed E-state index contributed by atoms with van der Waals surface area (Å²) in [6, 6.07) is 5.07. The van der Waals surface area contributed by atoms with Gasteiger partial charge in [0.25, 0.3) is 0 Å². The number of hydrogen-bond acceptors (Lipinski definition) is 6. The third kappa shape index (κ3) is 4.24. The number of thioether (sulfide) groups is 1. The Morgan fingerprint density at radius 2 is 2.04 bits per heavy atom. The zero-order valence-corrected chi connectivity index (χ0v) is 17.5. The molecule has 2 atom stereocenters. The van der Waals surface area contributed by atoms with Crippen molar-refractivity contribution in [3.05, 3.63) is 18.2 Å². The SMILES string of the molecule is COc1ccc(N2C(=NC(=O)CC(C)C)S[C@@H]3CS(=O)(=O)C[C@@H]32)c(OC)c1. The highest BCUT2D eigenvalue weighted by molar-refractivity contribution is 8.16. The van der Waals surface area contributed by atoms with E-state index in [0.29, 0.717) is 28.8 Å². The van der Waals surface area contributed by atoms with Crippen molar-refractivity contribution in [2.45, 2.75) is 31.6 Å². The molecule has 27 heavy (non-hydrogen) atoms. The first-order valence-electron chi connectivity index (χ1n) is 8.74. The van der Waals surface area contributed by atoms with E-state index in [2.05, 4.69) is 4.99 Å². The van der Waals surface area contributed by atoms with E-state index in [0.717, 1.165) is 0 Å². The molecule has 1 aromatic rings. The average Bonchev–Trinajstić information content (AvgIpc) is 3.04. The number of sulfone groups is 1. The maximum atomic E-state index is 12.3. The van der Waals surface area contributed by atoms with Crippen LogP contribution in [-0.2, 0) is 14.6 Å². The quantitative estimate of drug-likeness (QED) is 0.734. The number of fused-ring (bicyclic) bond motifs is 1. The van der Waals surface area contributed by atoms with Crippen molar-refractivity contribution in [3.63, 3.8) is 0 Å². The predicted molar refractivity (Wildman–Crippen MR) is 108 cm³/mol.